The summed E-state index contributed by atoms with van der Waals surface area (Å²) in [6, 6.07) is 18.4. The van der Waals surface area contributed by atoms with E-state index in [9.17, 15) is 4.79 Å². The van der Waals surface area contributed by atoms with E-state index in [1.165, 1.54) is 5.56 Å². The molecule has 1 aliphatic heterocycles. The van der Waals surface area contributed by atoms with Gasteiger partial charge in [-0.1, -0.05) is 46.3 Å². The number of rotatable bonds is 7. The fraction of sp³-hybridized carbons (Fsp3) is 0.381. The molecule has 0 bridgehead atoms. The van der Waals surface area contributed by atoms with Crippen LogP contribution in [0.3, 0.4) is 0 Å². The maximum absolute atomic E-state index is 12.6. The molecule has 0 saturated carbocycles. The number of nitrogens with one attached hydrogen (secondary N) is 1. The molecule has 2 aromatic carbocycles. The molecular weight excluding hydrogens is 422 g/mol. The molecule has 1 atom stereocenters. The maximum Gasteiger partial charge on any atom is 0.230 e. The monoisotopic (exact) mass is 447 g/mol. The molecular formula is C21H26BrN3OS. The summed E-state index contributed by atoms with van der Waals surface area (Å²) in [6.07, 6.45) is 0. The molecule has 0 aromatic heterocycles. The van der Waals surface area contributed by atoms with Gasteiger partial charge in [0.05, 0.1) is 11.8 Å². The summed E-state index contributed by atoms with van der Waals surface area (Å²) in [4.78, 5) is 18.5. The highest BCUT2D eigenvalue weighted by molar-refractivity contribution is 9.10. The first-order valence-corrected chi connectivity index (χ1v) is 11.0. The van der Waals surface area contributed by atoms with E-state index < -0.39 is 0 Å². The van der Waals surface area contributed by atoms with Gasteiger partial charge >= 0.3 is 0 Å². The lowest BCUT2D eigenvalue weighted by Gasteiger charge is -2.35. The zero-order chi connectivity index (χ0) is 19.1. The molecule has 0 aliphatic carbocycles. The Labute approximate surface area is 174 Å². The molecule has 1 unspecified atom stereocenters. The molecule has 1 N–H and O–H groups in total. The van der Waals surface area contributed by atoms with E-state index in [0.29, 0.717) is 5.75 Å². The number of carbonyl (C=O) groups excluding carboxylic acids is 1. The molecule has 1 heterocycles. The van der Waals surface area contributed by atoms with E-state index in [0.717, 1.165) is 42.1 Å². The molecule has 3 rings (SSSR count). The van der Waals surface area contributed by atoms with Crippen molar-refractivity contribution in [3.8, 4) is 0 Å². The number of piperazine rings is 1. The normalized spacial score (nSPS) is 16.8. The van der Waals surface area contributed by atoms with Gasteiger partial charge in [-0.05, 0) is 36.9 Å². The minimum absolute atomic E-state index is 0.0209. The standard InChI is InChI=1S/C21H26BrN3OS/c1-24-11-13-25(14-12-24)15-20(17-5-3-2-4-6-17)23-21(26)16-27-19-9-7-18(22)8-10-19/h2-10,20H,11-16H2,1H3,(H,23,26). The van der Waals surface area contributed by atoms with Gasteiger partial charge < -0.3 is 10.2 Å². The van der Waals surface area contributed by atoms with Crippen LogP contribution in [0.1, 0.15) is 11.6 Å². The Balaban J connectivity index is 1.58. The molecule has 1 fully saturated rings. The highest BCUT2D eigenvalue weighted by Crippen LogP contribution is 2.21. The van der Waals surface area contributed by atoms with Crippen molar-refractivity contribution in [1.29, 1.82) is 0 Å². The van der Waals surface area contributed by atoms with Crippen LogP contribution in [0.15, 0.2) is 64.0 Å². The summed E-state index contributed by atoms with van der Waals surface area (Å²) in [6.45, 7) is 5.10. The van der Waals surface area contributed by atoms with Crippen molar-refractivity contribution < 1.29 is 4.79 Å². The number of carbonyl (C=O) groups is 1. The first-order valence-electron chi connectivity index (χ1n) is 9.24. The Bertz CT molecular complexity index is 718. The number of benzene rings is 2. The molecule has 6 heteroatoms. The van der Waals surface area contributed by atoms with E-state index in [1.54, 1.807) is 11.8 Å². The summed E-state index contributed by atoms with van der Waals surface area (Å²) in [5.74, 6) is 0.499. The Morgan fingerprint density at radius 2 is 1.74 bits per heavy atom. The third kappa shape index (κ3) is 6.64. The second-order valence-electron chi connectivity index (χ2n) is 6.88. The predicted octanol–water partition coefficient (Wildman–Crippen LogP) is 3.65. The van der Waals surface area contributed by atoms with Crippen molar-refractivity contribution in [2.45, 2.75) is 10.9 Å². The van der Waals surface area contributed by atoms with Gasteiger partial charge in [0, 0.05) is 42.1 Å². The fourth-order valence-electron chi connectivity index (χ4n) is 3.12. The van der Waals surface area contributed by atoms with Crippen molar-refractivity contribution >= 4 is 33.6 Å². The number of hydrogen-bond donors (Lipinski definition) is 1. The smallest absolute Gasteiger partial charge is 0.230 e. The van der Waals surface area contributed by atoms with Crippen LogP contribution in [0.2, 0.25) is 0 Å². The topological polar surface area (TPSA) is 35.6 Å². The van der Waals surface area contributed by atoms with E-state index in [1.807, 2.05) is 42.5 Å². The summed E-state index contributed by atoms with van der Waals surface area (Å²) >= 11 is 5.01. The van der Waals surface area contributed by atoms with Crippen LogP contribution in [0.5, 0.6) is 0 Å². The Morgan fingerprint density at radius 3 is 2.41 bits per heavy atom. The van der Waals surface area contributed by atoms with Gasteiger partial charge in [-0.2, -0.15) is 0 Å². The lowest BCUT2D eigenvalue weighted by Crippen LogP contribution is -2.48. The first kappa shape index (κ1) is 20.4. The van der Waals surface area contributed by atoms with Gasteiger partial charge in [-0.3, -0.25) is 9.69 Å². The van der Waals surface area contributed by atoms with Crippen molar-refractivity contribution in [3.05, 3.63) is 64.6 Å². The van der Waals surface area contributed by atoms with Gasteiger partial charge in [0.25, 0.3) is 0 Å². The predicted molar refractivity (Wildman–Crippen MR) is 116 cm³/mol. The van der Waals surface area contributed by atoms with Crippen LogP contribution in [0.4, 0.5) is 0 Å². The Kier molecular flexibility index (Phi) is 7.76. The third-order valence-corrected chi connectivity index (χ3v) is 6.30. The Morgan fingerprint density at radius 1 is 1.07 bits per heavy atom. The second kappa shape index (κ2) is 10.3. The molecule has 144 valence electrons. The van der Waals surface area contributed by atoms with Crippen LogP contribution in [0, 0.1) is 0 Å². The molecule has 27 heavy (non-hydrogen) atoms. The fourth-order valence-corrected chi connectivity index (χ4v) is 4.10. The first-order chi connectivity index (χ1) is 13.1. The number of nitrogens with zero attached hydrogens (tertiary/aromatic N) is 2. The van der Waals surface area contributed by atoms with Crippen LogP contribution in [-0.4, -0.2) is 61.2 Å². The average molecular weight is 448 g/mol. The van der Waals surface area contributed by atoms with Crippen LogP contribution >= 0.6 is 27.7 Å². The van der Waals surface area contributed by atoms with E-state index >= 15 is 0 Å². The van der Waals surface area contributed by atoms with Crippen molar-refractivity contribution in [2.24, 2.45) is 0 Å². The quantitative estimate of drug-likeness (QED) is 0.657. The molecule has 1 amide bonds. The van der Waals surface area contributed by atoms with Crippen LogP contribution < -0.4 is 5.32 Å². The van der Waals surface area contributed by atoms with Gasteiger partial charge in [-0.15, -0.1) is 11.8 Å². The Hall–Kier alpha value is -1.34. The summed E-state index contributed by atoms with van der Waals surface area (Å²) in [5.41, 5.74) is 1.17. The number of likely N-dealkylation sites (N-methyl/N-ethyl adjacent to an activating group) is 1. The summed E-state index contributed by atoms with van der Waals surface area (Å²) < 4.78 is 1.05. The van der Waals surface area contributed by atoms with Crippen molar-refractivity contribution in [3.63, 3.8) is 0 Å². The van der Waals surface area contributed by atoms with Crippen LogP contribution in [0.25, 0.3) is 0 Å². The number of halogens is 1. The average Bonchev–Trinajstić information content (AvgIpc) is 2.69. The van der Waals surface area contributed by atoms with E-state index in [-0.39, 0.29) is 11.9 Å². The minimum Gasteiger partial charge on any atom is -0.347 e. The number of amides is 1. The lowest BCUT2D eigenvalue weighted by atomic mass is 10.1. The van der Waals surface area contributed by atoms with Crippen molar-refractivity contribution in [2.75, 3.05) is 45.5 Å². The minimum atomic E-state index is 0.0209. The molecule has 2 aromatic rings. The van der Waals surface area contributed by atoms with E-state index in [2.05, 4.69) is 50.2 Å². The molecule has 1 aliphatic rings. The number of thioether (sulfide) groups is 1. The van der Waals surface area contributed by atoms with E-state index in [4.69, 9.17) is 0 Å². The highest BCUT2D eigenvalue weighted by Gasteiger charge is 2.21. The number of hydrogen-bond acceptors (Lipinski definition) is 4. The molecule has 0 spiro atoms. The van der Waals surface area contributed by atoms with Gasteiger partial charge in [0.15, 0.2) is 0 Å². The molecule has 1 saturated heterocycles. The van der Waals surface area contributed by atoms with Crippen molar-refractivity contribution in [1.82, 2.24) is 15.1 Å². The second-order valence-corrected chi connectivity index (χ2v) is 8.84. The zero-order valence-corrected chi connectivity index (χ0v) is 18.0. The lowest BCUT2D eigenvalue weighted by molar-refractivity contribution is -0.119. The molecule has 4 nitrogen and oxygen atoms in total. The van der Waals surface area contributed by atoms with Gasteiger partial charge in [0.2, 0.25) is 5.91 Å². The maximum atomic E-state index is 12.6. The van der Waals surface area contributed by atoms with Gasteiger partial charge in [-0.25, -0.2) is 0 Å². The largest absolute Gasteiger partial charge is 0.347 e. The SMILES string of the molecule is CN1CCN(CC(NC(=O)CSc2ccc(Br)cc2)c2ccccc2)CC1. The zero-order valence-electron chi connectivity index (χ0n) is 15.6. The highest BCUT2D eigenvalue weighted by atomic mass is 79.9. The van der Waals surface area contributed by atoms with Gasteiger partial charge in [0.1, 0.15) is 0 Å². The van der Waals surface area contributed by atoms with Crippen LogP contribution in [-0.2, 0) is 4.79 Å². The molecule has 0 radical (unpaired) electrons. The third-order valence-electron chi connectivity index (χ3n) is 4.76. The summed E-state index contributed by atoms with van der Waals surface area (Å²) in [5, 5.41) is 3.25. The summed E-state index contributed by atoms with van der Waals surface area (Å²) in [7, 11) is 2.16.